The van der Waals surface area contributed by atoms with Gasteiger partial charge in [-0.2, -0.15) is 9.97 Å². The molecule has 2 aliphatic heterocycles. The van der Waals surface area contributed by atoms with Gasteiger partial charge in [0.2, 0.25) is 32.5 Å². The third-order valence-electron chi connectivity index (χ3n) is 16.0. The van der Waals surface area contributed by atoms with Crippen LogP contribution in [0.2, 0.25) is 0 Å². The average molecular weight is 1320 g/mol. The van der Waals surface area contributed by atoms with E-state index >= 15 is 0 Å². The van der Waals surface area contributed by atoms with E-state index in [1.165, 1.54) is 33.8 Å². The highest BCUT2D eigenvalue weighted by Gasteiger charge is 2.38. The Morgan fingerprint density at radius 3 is 1.38 bits per heavy atom. The average Bonchev–Trinajstić information content (AvgIpc) is 1.66. The molecule has 29 heteroatoms. The molecule has 29 nitrogen and oxygen atoms in total. The van der Waals surface area contributed by atoms with Gasteiger partial charge in [-0.25, -0.2) is 19.6 Å². The first-order valence-corrected chi connectivity index (χ1v) is 30.4. The summed E-state index contributed by atoms with van der Waals surface area (Å²) in [5.41, 5.74) is 14.6. The fourth-order valence-electron chi connectivity index (χ4n) is 11.0. The number of nitrogens with two attached hydrogens (primary N) is 1. The Balaban J connectivity index is 0.000000198. The molecule has 0 spiro atoms. The number of rotatable bonds is 15. The second-order valence-corrected chi connectivity index (χ2v) is 23.0. The van der Waals surface area contributed by atoms with Gasteiger partial charge in [0, 0.05) is 59.5 Å². The predicted octanol–water partition coefficient (Wildman–Crippen LogP) is 6.00. The predicted molar refractivity (Wildman–Crippen MR) is 351 cm³/mol. The van der Waals surface area contributed by atoms with Gasteiger partial charge in [0.05, 0.1) is 30.9 Å². The van der Waals surface area contributed by atoms with Crippen LogP contribution in [0.3, 0.4) is 0 Å². The number of fused-ring (bicyclic) bond motifs is 8. The van der Waals surface area contributed by atoms with E-state index in [0.717, 1.165) is 44.5 Å². The van der Waals surface area contributed by atoms with Gasteiger partial charge in [-0.15, -0.1) is 0 Å². The minimum atomic E-state index is -1.10. The summed E-state index contributed by atoms with van der Waals surface area (Å²) < 4.78 is 52.6. The third kappa shape index (κ3) is 16.2. The number of ether oxygens (including phenoxy) is 4. The van der Waals surface area contributed by atoms with Gasteiger partial charge in [-0.3, -0.25) is 58.5 Å². The quantitative estimate of drug-likeness (QED) is 0.0560. The zero-order valence-electron chi connectivity index (χ0n) is 57.5. The number of imidazole rings is 2. The van der Waals surface area contributed by atoms with E-state index in [1.54, 1.807) is 43.8 Å². The van der Waals surface area contributed by atoms with E-state index in [2.05, 4.69) is 91.0 Å². The molecule has 0 saturated carbocycles. The summed E-state index contributed by atoms with van der Waals surface area (Å²) in [6.07, 6.45) is -0.00181. The molecule has 95 heavy (non-hydrogen) atoms. The number of hydrogen-bond donors (Lipinski definition) is 11. The minimum Gasteiger partial charge on any atom is -0.480 e. The van der Waals surface area contributed by atoms with Crippen molar-refractivity contribution in [2.75, 3.05) is 38.1 Å². The monoisotopic (exact) mass is 1310 g/mol. The van der Waals surface area contributed by atoms with Crippen LogP contribution < -0.4 is 43.4 Å². The third-order valence-corrected chi connectivity index (χ3v) is 16.0. The number of hydrogen-bond acceptors (Lipinski definition) is 19. The number of carboxylic acid groups (broad SMARTS) is 1. The first-order chi connectivity index (χ1) is 47.4. The maximum Gasteiger partial charge on any atom is 0.407 e. The number of carboxylic acids is 1. The summed E-state index contributed by atoms with van der Waals surface area (Å²) in [6.45, 7) is 10.1. The van der Waals surface area contributed by atoms with Gasteiger partial charge in [0.25, 0.3) is 11.1 Å². The van der Waals surface area contributed by atoms with Crippen LogP contribution in [0.25, 0.3) is 44.6 Å². The van der Waals surface area contributed by atoms with Crippen molar-refractivity contribution < 1.29 is 65.8 Å². The lowest BCUT2D eigenvalue weighted by Gasteiger charge is -2.20. The van der Waals surface area contributed by atoms with Crippen LogP contribution in [0.1, 0.15) is 117 Å². The van der Waals surface area contributed by atoms with E-state index in [1.807, 2.05) is 72.8 Å². The zero-order chi connectivity index (χ0) is 71.8. The molecule has 2 fully saturated rings. The molecule has 8 atom stereocenters. The molecule has 4 aromatic heterocycles. The normalized spacial score (nSPS) is 19.2. The number of aromatic nitrogens is 8. The Morgan fingerprint density at radius 2 is 1.00 bits per heavy atom. The van der Waals surface area contributed by atoms with Crippen molar-refractivity contribution in [1.29, 1.82) is 2.86 Å². The maximum absolute atomic E-state index is 13.1. The molecule has 2 aliphatic carbocycles. The van der Waals surface area contributed by atoms with Crippen LogP contribution in [0, 0.1) is 11.8 Å². The first-order valence-electron chi connectivity index (χ1n) is 32.6. The van der Waals surface area contributed by atoms with Crippen LogP contribution in [0.4, 0.5) is 21.5 Å². The Hall–Kier alpha value is -10.2. The van der Waals surface area contributed by atoms with E-state index < -0.39 is 71.9 Å². The lowest BCUT2D eigenvalue weighted by molar-refractivity contribution is -0.139. The molecule has 8 aromatic rings. The van der Waals surface area contributed by atoms with Crippen LogP contribution in [-0.4, -0.2) is 157 Å². The summed E-state index contributed by atoms with van der Waals surface area (Å²) in [6, 6.07) is 29.4. The van der Waals surface area contributed by atoms with Crippen molar-refractivity contribution in [3.8, 4) is 22.3 Å². The Morgan fingerprint density at radius 1 is 0.621 bits per heavy atom. The molecule has 12 N–H and O–H groups in total. The number of nitrogens with zero attached hydrogens (tertiary/aromatic N) is 6. The summed E-state index contributed by atoms with van der Waals surface area (Å²) in [4.78, 5) is 119. The number of carbonyl (C=O) groups excluding carboxylic acids is 5. The number of carbonyl (C=O) groups is 6. The topological polar surface area (TPSA) is 413 Å². The van der Waals surface area contributed by atoms with Gasteiger partial charge >= 0.3 is 18.2 Å². The number of aliphatic hydroxyl groups excluding tert-OH is 2. The second-order valence-electron chi connectivity index (χ2n) is 23.0. The number of nitrogens with one attached hydrogen (secondary N) is 7. The maximum atomic E-state index is 13.1. The molecule has 6 unspecified atom stereocenters. The Bertz CT molecular complexity index is 4190. The van der Waals surface area contributed by atoms with Crippen molar-refractivity contribution in [1.82, 2.24) is 55.0 Å². The lowest BCUT2D eigenvalue weighted by Crippen LogP contribution is -2.49. The number of amides is 5. The summed E-state index contributed by atoms with van der Waals surface area (Å²) in [7, 11) is 2.58. The SMILES string of the molecule is CC(NC(=O)OCC1c2ccccc2-c2ccccc21)C(=O)O.[2H]CC1OC(n2cnc3c(=O)[nH]c(NC(=O)C(C)C)nc32)C[C@@H]1N.[2H]CC1OC(n2cnc3c(=O)[nH]c(NC(=O)C(C)C)nc32)C[C@@H]1NC(=O)C(C)NC(=O)OCC1c2ccccc2-c2ccccc21.[3H]OC.[3H]OC. The smallest absolute Gasteiger partial charge is 0.407 e. The van der Waals surface area contributed by atoms with E-state index in [-0.39, 0.29) is 110 Å². The summed E-state index contributed by atoms with van der Waals surface area (Å²) >= 11 is 0. The highest BCUT2D eigenvalue weighted by atomic mass is 16.6. The van der Waals surface area contributed by atoms with Crippen LogP contribution in [0.5, 0.6) is 0 Å². The number of alkyl carbamates (subject to hydrolysis) is 2. The van der Waals surface area contributed by atoms with Crippen molar-refractivity contribution in [3.05, 3.63) is 153 Å². The molecule has 504 valence electrons. The standard InChI is InChI=1S/C32H35N7O6.C18H17NO4.C14H20N6O3.2CH4O/c1-16(2)28(40)37-31-36-27-26(30(42)38-31)33-15-39(27)25-13-24(18(4)45-25)35-29(41)17(3)34-32(43)44-14-23-21-11-7-5-9-19(21)20-10-6-8-12-22(20)23;1-11(17(20)21)19-18(22)23-10-16-14-8-4-2-6-12(14)13-7-3-5-9-15(13)16;1-6(2)12(21)18-14-17-11-10(13(22)19-14)16-5-20(11)9-4-8(15)7(3)23-9;2*1-2/h5-12,15-18,23-25H,13-14H2,1-4H3,(H,34,43)(H,35,41)(H2,36,37,38,40,42);2-9,11,16H,10H2,1H3,(H,19,22)(H,20,21);5-9H,4,15H2,1-3H3,(H2,17,18,19,21,22);2*2H,1H3/t17?,18?,24-,25?;;7?,8-,9?;;/m0.0../s1/i4D;;3D;2*2T. The molecular formula is C66H80N14O15. The number of H-pyrrole nitrogens is 2. The minimum absolute atomic E-state index is 0.0222. The van der Waals surface area contributed by atoms with Gasteiger partial charge < -0.3 is 56.0 Å². The van der Waals surface area contributed by atoms with Gasteiger partial charge in [0.15, 0.2) is 22.3 Å². The van der Waals surface area contributed by atoms with Crippen LogP contribution in [0.15, 0.2) is 119 Å². The van der Waals surface area contributed by atoms with Gasteiger partial charge in [-0.1, -0.05) is 125 Å². The van der Waals surface area contributed by atoms with E-state index in [4.69, 9.17) is 35.4 Å². The van der Waals surface area contributed by atoms with Gasteiger partial charge in [-0.05, 0) is 72.2 Å². The first kappa shape index (κ1) is 64.9. The number of aliphatic hydroxyl groups is 2. The van der Waals surface area contributed by atoms with Crippen molar-refractivity contribution >= 4 is 70.1 Å². The number of anilines is 2. The van der Waals surface area contributed by atoms with E-state index in [0.29, 0.717) is 12.1 Å². The summed E-state index contributed by atoms with van der Waals surface area (Å²) in [5.74, 6) is -2.81. The highest BCUT2D eigenvalue weighted by Crippen LogP contribution is 2.46. The fourth-order valence-corrected chi connectivity index (χ4v) is 11.0. The molecule has 0 bridgehead atoms. The van der Waals surface area contributed by atoms with Crippen molar-refractivity contribution in [2.24, 2.45) is 17.6 Å². The molecule has 4 aliphatic rings. The number of benzene rings is 4. The molecule has 12 rings (SSSR count). The van der Waals surface area contributed by atoms with Gasteiger partial charge in [0.1, 0.15) is 37.8 Å². The van der Waals surface area contributed by atoms with Crippen molar-refractivity contribution in [2.45, 2.75) is 129 Å². The second kappa shape index (κ2) is 31.6. The van der Waals surface area contributed by atoms with Crippen LogP contribution >= 0.6 is 0 Å². The Labute approximate surface area is 551 Å². The molecule has 6 heterocycles. The summed E-state index contributed by atoms with van der Waals surface area (Å²) in [5, 5.41) is 28.7. The number of aliphatic carboxylic acids is 1. The molecule has 4 aromatic carbocycles. The van der Waals surface area contributed by atoms with E-state index in [9.17, 15) is 38.4 Å². The van der Waals surface area contributed by atoms with Crippen molar-refractivity contribution in [3.63, 3.8) is 0 Å². The van der Waals surface area contributed by atoms with Crippen LogP contribution in [-0.2, 0) is 38.1 Å². The lowest BCUT2D eigenvalue weighted by atomic mass is 9.98. The fraction of sp³-hybridized carbons (Fsp3) is 0.394. The molecule has 0 radical (unpaired) electrons. The largest absolute Gasteiger partial charge is 0.480 e. The molecule has 5 amide bonds. The number of aromatic amines is 2. The molecular weight excluding hydrogens is 1230 g/mol. The molecule has 2 saturated heterocycles. The highest BCUT2D eigenvalue weighted by molar-refractivity contribution is 5.92. The zero-order valence-corrected chi connectivity index (χ0v) is 53.5. The Kier molecular flexibility index (Phi) is 21.6.